The summed E-state index contributed by atoms with van der Waals surface area (Å²) in [5.74, 6) is 1.32. The Kier molecular flexibility index (Phi) is 6.30. The molecule has 1 amide bonds. The van der Waals surface area contributed by atoms with E-state index in [-0.39, 0.29) is 17.8 Å². The van der Waals surface area contributed by atoms with Gasteiger partial charge in [0.2, 0.25) is 5.88 Å². The molecular weight excluding hydrogens is 378 g/mol. The standard InChI is InChI=1S/C21H26F2N4O2/c1-12(2)8-25-19-17-10-27(21(28)16(17)5-6-24-19)14(4)15-7-13(3)20(26-9-15)29-11-18(22)23/h5-7,9,12,14,18H,8,10-11H2,1-4H3,(H,24,25). The van der Waals surface area contributed by atoms with Crippen LogP contribution in [0.2, 0.25) is 0 Å². The molecule has 0 fully saturated rings. The number of amides is 1. The van der Waals surface area contributed by atoms with Gasteiger partial charge in [0.25, 0.3) is 12.3 Å². The minimum absolute atomic E-state index is 0.0572. The first-order chi connectivity index (χ1) is 13.8. The number of anilines is 1. The van der Waals surface area contributed by atoms with Gasteiger partial charge in [-0.1, -0.05) is 13.8 Å². The maximum absolute atomic E-state index is 13.0. The lowest BCUT2D eigenvalue weighted by Gasteiger charge is -2.25. The first-order valence-corrected chi connectivity index (χ1v) is 9.68. The van der Waals surface area contributed by atoms with E-state index in [2.05, 4.69) is 29.1 Å². The number of rotatable bonds is 8. The van der Waals surface area contributed by atoms with E-state index >= 15 is 0 Å². The normalized spacial score (nSPS) is 14.5. The summed E-state index contributed by atoms with van der Waals surface area (Å²) in [6, 6.07) is 3.34. The highest BCUT2D eigenvalue weighted by atomic mass is 19.3. The third-order valence-corrected chi connectivity index (χ3v) is 4.90. The predicted octanol–water partition coefficient (Wildman–Crippen LogP) is 4.21. The number of carbonyl (C=O) groups is 1. The third kappa shape index (κ3) is 4.63. The molecule has 1 atom stereocenters. The largest absolute Gasteiger partial charge is 0.471 e. The Hall–Kier alpha value is -2.77. The molecule has 0 radical (unpaired) electrons. The summed E-state index contributed by atoms with van der Waals surface area (Å²) in [5.41, 5.74) is 3.02. The fraction of sp³-hybridized carbons (Fsp3) is 0.476. The number of ether oxygens (including phenoxy) is 1. The summed E-state index contributed by atoms with van der Waals surface area (Å²) in [6.45, 7) is 8.43. The first-order valence-electron chi connectivity index (χ1n) is 9.68. The van der Waals surface area contributed by atoms with Gasteiger partial charge in [-0.05, 0) is 37.5 Å². The Bertz CT molecular complexity index is 889. The minimum atomic E-state index is -2.55. The van der Waals surface area contributed by atoms with Crippen molar-refractivity contribution < 1.29 is 18.3 Å². The Balaban J connectivity index is 1.78. The summed E-state index contributed by atoms with van der Waals surface area (Å²) in [4.78, 5) is 23.3. The van der Waals surface area contributed by atoms with Crippen LogP contribution in [0.1, 0.15) is 53.9 Å². The van der Waals surface area contributed by atoms with Crippen LogP contribution in [0, 0.1) is 12.8 Å². The number of nitrogens with one attached hydrogen (secondary N) is 1. The number of aryl methyl sites for hydroxylation is 1. The summed E-state index contributed by atoms with van der Waals surface area (Å²) in [7, 11) is 0. The number of alkyl halides is 2. The van der Waals surface area contributed by atoms with Crippen LogP contribution < -0.4 is 10.1 Å². The Labute approximate surface area is 169 Å². The van der Waals surface area contributed by atoms with E-state index in [0.29, 0.717) is 23.6 Å². The number of hydrogen-bond acceptors (Lipinski definition) is 5. The van der Waals surface area contributed by atoms with Crippen molar-refractivity contribution in [2.75, 3.05) is 18.5 Å². The van der Waals surface area contributed by atoms with E-state index in [1.807, 2.05) is 13.0 Å². The topological polar surface area (TPSA) is 67.4 Å². The summed E-state index contributed by atoms with van der Waals surface area (Å²) in [5, 5.41) is 3.32. The Morgan fingerprint density at radius 3 is 2.69 bits per heavy atom. The summed E-state index contributed by atoms with van der Waals surface area (Å²) < 4.78 is 29.8. The molecule has 1 aliphatic rings. The van der Waals surface area contributed by atoms with Crippen molar-refractivity contribution in [2.45, 2.75) is 46.7 Å². The second-order valence-corrected chi connectivity index (χ2v) is 7.66. The van der Waals surface area contributed by atoms with E-state index in [4.69, 9.17) is 4.74 Å². The monoisotopic (exact) mass is 404 g/mol. The Morgan fingerprint density at radius 2 is 2.03 bits per heavy atom. The van der Waals surface area contributed by atoms with E-state index < -0.39 is 13.0 Å². The molecule has 0 spiro atoms. The fourth-order valence-corrected chi connectivity index (χ4v) is 3.30. The number of halogens is 2. The molecule has 0 bridgehead atoms. The van der Waals surface area contributed by atoms with Crippen LogP contribution in [0.3, 0.4) is 0 Å². The highest BCUT2D eigenvalue weighted by molar-refractivity contribution is 5.99. The lowest BCUT2D eigenvalue weighted by Crippen LogP contribution is -2.27. The quantitative estimate of drug-likeness (QED) is 0.714. The lowest BCUT2D eigenvalue weighted by atomic mass is 10.1. The van der Waals surface area contributed by atoms with Gasteiger partial charge in [0, 0.05) is 35.6 Å². The van der Waals surface area contributed by atoms with Crippen LogP contribution in [-0.4, -0.2) is 40.4 Å². The summed E-state index contributed by atoms with van der Waals surface area (Å²) in [6.07, 6.45) is 0.668. The molecule has 2 aromatic rings. The highest BCUT2D eigenvalue weighted by Crippen LogP contribution is 2.34. The van der Waals surface area contributed by atoms with Crippen molar-refractivity contribution >= 4 is 11.7 Å². The SMILES string of the molecule is Cc1cc(C(C)N2Cc3c(ccnc3NCC(C)C)C2=O)cnc1OCC(F)F. The number of aromatic nitrogens is 2. The van der Waals surface area contributed by atoms with Gasteiger partial charge in [0.1, 0.15) is 5.82 Å². The average molecular weight is 404 g/mol. The molecule has 1 aliphatic heterocycles. The molecule has 8 heteroatoms. The van der Waals surface area contributed by atoms with Gasteiger partial charge in [0.15, 0.2) is 6.61 Å². The van der Waals surface area contributed by atoms with Gasteiger partial charge in [-0.25, -0.2) is 18.7 Å². The predicted molar refractivity (Wildman–Crippen MR) is 106 cm³/mol. The molecule has 2 aromatic heterocycles. The van der Waals surface area contributed by atoms with E-state index in [1.165, 1.54) is 0 Å². The van der Waals surface area contributed by atoms with Crippen LogP contribution in [0.25, 0.3) is 0 Å². The van der Waals surface area contributed by atoms with Crippen molar-refractivity contribution in [1.82, 2.24) is 14.9 Å². The van der Waals surface area contributed by atoms with E-state index in [9.17, 15) is 13.6 Å². The van der Waals surface area contributed by atoms with Crippen LogP contribution in [0.5, 0.6) is 5.88 Å². The smallest absolute Gasteiger partial charge is 0.272 e. The van der Waals surface area contributed by atoms with Crippen molar-refractivity contribution in [1.29, 1.82) is 0 Å². The van der Waals surface area contributed by atoms with Gasteiger partial charge in [-0.2, -0.15) is 0 Å². The molecule has 6 nitrogen and oxygen atoms in total. The lowest BCUT2D eigenvalue weighted by molar-refractivity contribution is 0.0713. The van der Waals surface area contributed by atoms with Crippen molar-refractivity contribution in [3.8, 4) is 5.88 Å². The zero-order valence-corrected chi connectivity index (χ0v) is 17.1. The molecule has 3 heterocycles. The van der Waals surface area contributed by atoms with E-state index in [0.717, 1.165) is 23.5 Å². The molecule has 0 saturated heterocycles. The second kappa shape index (κ2) is 8.71. The molecule has 0 saturated carbocycles. The minimum Gasteiger partial charge on any atom is -0.471 e. The zero-order chi connectivity index (χ0) is 21.1. The van der Waals surface area contributed by atoms with Crippen LogP contribution >= 0.6 is 0 Å². The molecule has 1 unspecified atom stereocenters. The average Bonchev–Trinajstić information content (AvgIpc) is 3.02. The molecule has 1 N–H and O–H groups in total. The molecule has 156 valence electrons. The van der Waals surface area contributed by atoms with Crippen LogP contribution in [0.15, 0.2) is 24.5 Å². The van der Waals surface area contributed by atoms with Gasteiger partial charge in [-0.15, -0.1) is 0 Å². The summed E-state index contributed by atoms with van der Waals surface area (Å²) >= 11 is 0. The van der Waals surface area contributed by atoms with Gasteiger partial charge in [-0.3, -0.25) is 4.79 Å². The maximum atomic E-state index is 13.0. The van der Waals surface area contributed by atoms with Gasteiger partial charge in [0.05, 0.1) is 12.6 Å². The fourth-order valence-electron chi connectivity index (χ4n) is 3.30. The molecular formula is C21H26F2N4O2. The molecule has 29 heavy (non-hydrogen) atoms. The molecule has 0 aliphatic carbocycles. The first kappa shape index (κ1) is 21.0. The van der Waals surface area contributed by atoms with Crippen LogP contribution in [-0.2, 0) is 6.54 Å². The van der Waals surface area contributed by atoms with Crippen LogP contribution in [0.4, 0.5) is 14.6 Å². The van der Waals surface area contributed by atoms with Gasteiger partial charge >= 0.3 is 0 Å². The van der Waals surface area contributed by atoms with E-state index in [1.54, 1.807) is 30.3 Å². The maximum Gasteiger partial charge on any atom is 0.272 e. The number of fused-ring (bicyclic) bond motifs is 1. The van der Waals surface area contributed by atoms with Gasteiger partial charge < -0.3 is 15.0 Å². The number of carbonyl (C=O) groups excluding carboxylic acids is 1. The highest BCUT2D eigenvalue weighted by Gasteiger charge is 2.33. The molecule has 0 aromatic carbocycles. The van der Waals surface area contributed by atoms with Crippen molar-refractivity contribution in [2.24, 2.45) is 5.92 Å². The molecule has 3 rings (SSSR count). The number of pyridine rings is 2. The third-order valence-electron chi connectivity index (χ3n) is 4.90. The number of hydrogen-bond donors (Lipinski definition) is 1. The Morgan fingerprint density at radius 1 is 1.28 bits per heavy atom. The second-order valence-electron chi connectivity index (χ2n) is 7.66. The van der Waals surface area contributed by atoms with Crippen molar-refractivity contribution in [3.63, 3.8) is 0 Å². The van der Waals surface area contributed by atoms with Crippen molar-refractivity contribution in [3.05, 3.63) is 46.8 Å². The zero-order valence-electron chi connectivity index (χ0n) is 17.1. The number of nitrogens with zero attached hydrogens (tertiary/aromatic N) is 3.